The molecule has 0 spiro atoms. The number of ether oxygens (including phenoxy) is 1. The van der Waals surface area contributed by atoms with Crippen LogP contribution < -0.4 is 15.0 Å². The second-order valence-electron chi connectivity index (χ2n) is 12.0. The van der Waals surface area contributed by atoms with Gasteiger partial charge in [-0.2, -0.15) is 9.97 Å². The number of fused-ring (bicyclic) bond motifs is 5. The topological polar surface area (TPSA) is 69.3 Å². The average molecular weight is 567 g/mol. The monoisotopic (exact) mass is 566 g/mol. The van der Waals surface area contributed by atoms with Crippen molar-refractivity contribution in [3.63, 3.8) is 0 Å². The number of H-pyrrole nitrogens is 1. The normalized spacial score (nSPS) is 23.7. The highest BCUT2D eigenvalue weighted by atomic mass is 19.1. The maximum atomic E-state index is 16.4. The van der Waals surface area contributed by atoms with E-state index in [0.29, 0.717) is 31.6 Å². The van der Waals surface area contributed by atoms with Gasteiger partial charge >= 0.3 is 6.01 Å². The maximum absolute atomic E-state index is 16.4. The van der Waals surface area contributed by atoms with Crippen LogP contribution in [0.3, 0.4) is 0 Å². The molecule has 2 atom stereocenters. The van der Waals surface area contributed by atoms with Crippen LogP contribution in [-0.2, 0) is 0 Å². The third-order valence-electron chi connectivity index (χ3n) is 9.61. The molecular weight excluding hydrogens is 536 g/mol. The first-order chi connectivity index (χ1) is 19.9. The Hall–Kier alpha value is -3.44. The van der Waals surface area contributed by atoms with Gasteiger partial charge in [-0.15, -0.1) is 0 Å². The van der Waals surface area contributed by atoms with Crippen molar-refractivity contribution in [2.24, 2.45) is 0 Å². The minimum Gasteiger partial charge on any atom is -0.461 e. The summed E-state index contributed by atoms with van der Waals surface area (Å²) in [4.78, 5) is 16.5. The zero-order valence-electron chi connectivity index (χ0n) is 22.5. The first kappa shape index (κ1) is 25.3. The second kappa shape index (κ2) is 9.29. The number of anilines is 1. The van der Waals surface area contributed by atoms with Gasteiger partial charge < -0.3 is 19.9 Å². The molecule has 4 fully saturated rings. The van der Waals surface area contributed by atoms with E-state index >= 15 is 8.78 Å². The number of hydrogen-bond acceptors (Lipinski definition) is 6. The zero-order valence-corrected chi connectivity index (χ0v) is 22.5. The van der Waals surface area contributed by atoms with Crippen LogP contribution in [0.25, 0.3) is 32.9 Å². The lowest BCUT2D eigenvalue weighted by molar-refractivity contribution is 0.108. The van der Waals surface area contributed by atoms with Crippen LogP contribution in [0.1, 0.15) is 38.5 Å². The number of hydrogen-bond donors (Lipinski definition) is 2. The van der Waals surface area contributed by atoms with Gasteiger partial charge in [-0.3, -0.25) is 4.90 Å². The van der Waals surface area contributed by atoms with E-state index in [2.05, 4.69) is 25.1 Å². The summed E-state index contributed by atoms with van der Waals surface area (Å²) in [6, 6.07) is 3.63. The van der Waals surface area contributed by atoms with Crippen molar-refractivity contribution in [1.82, 2.24) is 25.2 Å². The van der Waals surface area contributed by atoms with Crippen LogP contribution in [0.2, 0.25) is 0 Å². The predicted octanol–water partition coefficient (Wildman–Crippen LogP) is 5.28. The van der Waals surface area contributed by atoms with Crippen molar-refractivity contribution in [3.8, 4) is 17.1 Å². The zero-order chi connectivity index (χ0) is 27.9. The lowest BCUT2D eigenvalue weighted by Crippen LogP contribution is -2.51. The Labute approximate surface area is 233 Å². The highest BCUT2D eigenvalue weighted by Gasteiger charge is 2.45. The number of aromatic nitrogens is 3. The van der Waals surface area contributed by atoms with E-state index in [1.165, 1.54) is 12.3 Å². The summed E-state index contributed by atoms with van der Waals surface area (Å²) < 4.78 is 67.2. The molecule has 7 nitrogen and oxygen atoms in total. The molecular formula is C30H30F4N6O. The van der Waals surface area contributed by atoms with E-state index in [-0.39, 0.29) is 51.0 Å². The fraction of sp³-hybridized carbons (Fsp3) is 0.467. The van der Waals surface area contributed by atoms with E-state index in [1.54, 1.807) is 0 Å². The van der Waals surface area contributed by atoms with Crippen molar-refractivity contribution < 1.29 is 22.3 Å². The van der Waals surface area contributed by atoms with Gasteiger partial charge in [0.15, 0.2) is 5.82 Å². The number of halogens is 4. The quantitative estimate of drug-likeness (QED) is 0.321. The molecule has 214 valence electrons. The third kappa shape index (κ3) is 3.99. The lowest BCUT2D eigenvalue weighted by atomic mass is 9.95. The number of nitrogens with zero attached hydrogens (tertiary/aromatic N) is 4. The molecule has 2 aromatic carbocycles. The molecule has 4 saturated heterocycles. The van der Waals surface area contributed by atoms with Gasteiger partial charge in [0.1, 0.15) is 35.4 Å². The summed E-state index contributed by atoms with van der Waals surface area (Å²) in [7, 11) is 0. The Morgan fingerprint density at radius 3 is 2.46 bits per heavy atom. The third-order valence-corrected chi connectivity index (χ3v) is 9.61. The van der Waals surface area contributed by atoms with E-state index in [0.717, 1.165) is 57.7 Å². The van der Waals surface area contributed by atoms with Gasteiger partial charge in [-0.25, -0.2) is 17.6 Å². The van der Waals surface area contributed by atoms with Gasteiger partial charge in [0.25, 0.3) is 0 Å². The van der Waals surface area contributed by atoms with Gasteiger partial charge in [0, 0.05) is 53.8 Å². The minimum absolute atomic E-state index is 0.0383. The highest BCUT2D eigenvalue weighted by molar-refractivity contribution is 6.00. The molecule has 8 rings (SSSR count). The molecule has 0 unspecified atom stereocenters. The molecule has 41 heavy (non-hydrogen) atoms. The van der Waals surface area contributed by atoms with E-state index in [9.17, 15) is 8.78 Å². The number of piperazine rings is 1. The SMILES string of the molecule is Fc1cc(F)c2c(-c3c(F)cc4c(N5C[C@H]6CC[C@@H](C5)N6)nc(OCC56CCCN5CCC6)nc4c3F)c[nH]c2c1. The molecule has 4 aliphatic heterocycles. The smallest absolute Gasteiger partial charge is 0.319 e. The average Bonchev–Trinajstić information content (AvgIpc) is 3.71. The largest absolute Gasteiger partial charge is 0.461 e. The standard InChI is InChI=1S/C30H30F4N6O/c31-16-9-21(32)24-20(12-35-23(24)10-16)25-22(33)11-19-27(26(25)34)37-29(41-15-30-5-1-7-40(30)8-2-6-30)38-28(19)39-13-17-3-4-18(14-39)36-17/h9-12,17-18,35-36H,1-8,13-15H2/t17-,18+. The highest BCUT2D eigenvalue weighted by Crippen LogP contribution is 2.42. The molecule has 6 heterocycles. The summed E-state index contributed by atoms with van der Waals surface area (Å²) in [6.45, 7) is 3.80. The summed E-state index contributed by atoms with van der Waals surface area (Å²) in [5.41, 5.74) is -0.505. The molecule has 11 heteroatoms. The fourth-order valence-electron chi connectivity index (χ4n) is 7.72. The molecule has 4 aromatic rings. The van der Waals surface area contributed by atoms with Crippen LogP contribution in [0.15, 0.2) is 24.4 Å². The van der Waals surface area contributed by atoms with Gasteiger partial charge in [-0.05, 0) is 63.7 Å². The van der Waals surface area contributed by atoms with Crippen LogP contribution in [0.4, 0.5) is 23.4 Å². The molecule has 2 N–H and O–H groups in total. The Kier molecular flexibility index (Phi) is 5.73. The number of rotatable bonds is 5. The van der Waals surface area contributed by atoms with Gasteiger partial charge in [-0.1, -0.05) is 0 Å². The molecule has 0 aliphatic carbocycles. The first-order valence-corrected chi connectivity index (χ1v) is 14.4. The summed E-state index contributed by atoms with van der Waals surface area (Å²) in [6.07, 6.45) is 7.65. The maximum Gasteiger partial charge on any atom is 0.319 e. The predicted molar refractivity (Wildman–Crippen MR) is 147 cm³/mol. The molecule has 0 saturated carbocycles. The van der Waals surface area contributed by atoms with Crippen LogP contribution in [0, 0.1) is 23.3 Å². The summed E-state index contributed by atoms with van der Waals surface area (Å²) in [5.74, 6) is -3.06. The summed E-state index contributed by atoms with van der Waals surface area (Å²) >= 11 is 0. The second-order valence-corrected chi connectivity index (χ2v) is 12.0. The number of aromatic amines is 1. The van der Waals surface area contributed by atoms with E-state index in [4.69, 9.17) is 9.72 Å². The van der Waals surface area contributed by atoms with Crippen molar-refractivity contribution >= 4 is 27.6 Å². The molecule has 0 amide bonds. The molecule has 0 radical (unpaired) electrons. The first-order valence-electron chi connectivity index (χ1n) is 14.4. The van der Waals surface area contributed by atoms with Crippen molar-refractivity contribution in [3.05, 3.63) is 47.7 Å². The van der Waals surface area contributed by atoms with E-state index in [1.807, 2.05) is 0 Å². The Morgan fingerprint density at radius 2 is 1.71 bits per heavy atom. The molecule has 2 aromatic heterocycles. The van der Waals surface area contributed by atoms with Gasteiger partial charge in [0.2, 0.25) is 0 Å². The van der Waals surface area contributed by atoms with E-state index < -0.39 is 28.8 Å². The fourth-order valence-corrected chi connectivity index (χ4v) is 7.72. The summed E-state index contributed by atoms with van der Waals surface area (Å²) in [5, 5.41) is 3.73. The number of nitrogens with one attached hydrogen (secondary N) is 2. The Morgan fingerprint density at radius 1 is 0.951 bits per heavy atom. The lowest BCUT2D eigenvalue weighted by Gasteiger charge is -2.34. The molecule has 2 bridgehead atoms. The van der Waals surface area contributed by atoms with Crippen LogP contribution in [0.5, 0.6) is 6.01 Å². The molecule has 4 aliphatic rings. The van der Waals surface area contributed by atoms with Crippen LogP contribution >= 0.6 is 0 Å². The number of benzene rings is 2. The van der Waals surface area contributed by atoms with Crippen LogP contribution in [-0.4, -0.2) is 70.3 Å². The van der Waals surface area contributed by atoms with Crippen molar-refractivity contribution in [2.45, 2.75) is 56.1 Å². The van der Waals surface area contributed by atoms with Crippen molar-refractivity contribution in [2.75, 3.05) is 37.7 Å². The Balaban J connectivity index is 1.27. The minimum atomic E-state index is -0.933. The Bertz CT molecular complexity index is 1670. The van der Waals surface area contributed by atoms with Crippen molar-refractivity contribution in [1.29, 1.82) is 0 Å². The van der Waals surface area contributed by atoms with Gasteiger partial charge in [0.05, 0.1) is 16.6 Å².